The monoisotopic (exact) mass is 277 g/mol. The quantitative estimate of drug-likeness (QED) is 0.666. The molecule has 1 aromatic rings. The van der Waals surface area contributed by atoms with E-state index in [0.29, 0.717) is 6.04 Å². The van der Waals surface area contributed by atoms with Gasteiger partial charge in [0.05, 0.1) is 0 Å². The molecule has 0 saturated heterocycles. The zero-order chi connectivity index (χ0) is 14.8. The van der Waals surface area contributed by atoms with Crippen molar-refractivity contribution < 1.29 is 0 Å². The van der Waals surface area contributed by atoms with Crippen LogP contribution in [0.15, 0.2) is 24.5 Å². The number of aromatic nitrogens is 1. The first-order valence-electron chi connectivity index (χ1n) is 7.89. The van der Waals surface area contributed by atoms with Gasteiger partial charge in [0.25, 0.3) is 0 Å². The number of nitrogens with zero attached hydrogens (tertiary/aromatic N) is 2. The van der Waals surface area contributed by atoms with E-state index in [2.05, 4.69) is 55.2 Å². The van der Waals surface area contributed by atoms with Gasteiger partial charge in [0.1, 0.15) is 0 Å². The predicted octanol–water partition coefficient (Wildman–Crippen LogP) is 2.97. The largest absolute Gasteiger partial charge is 0.316 e. The van der Waals surface area contributed by atoms with Gasteiger partial charge in [-0.3, -0.25) is 4.98 Å². The standard InChI is InChI=1S/C17H31N3/c1-15(2)14-19-10-5-6-16(3)20(4)13-9-17-7-11-18-12-8-17/h7-8,11-12,15-16,19H,5-6,9-10,13-14H2,1-4H3. The van der Waals surface area contributed by atoms with Crippen LogP contribution >= 0.6 is 0 Å². The summed E-state index contributed by atoms with van der Waals surface area (Å²) in [6.45, 7) is 10.2. The molecule has 0 aliphatic heterocycles. The molecule has 1 unspecified atom stereocenters. The summed E-state index contributed by atoms with van der Waals surface area (Å²) < 4.78 is 0. The number of rotatable bonds is 10. The molecule has 0 aromatic carbocycles. The number of hydrogen-bond acceptors (Lipinski definition) is 3. The summed E-state index contributed by atoms with van der Waals surface area (Å²) in [5.74, 6) is 0.746. The van der Waals surface area contributed by atoms with Gasteiger partial charge in [0, 0.05) is 25.0 Å². The highest BCUT2D eigenvalue weighted by atomic mass is 15.1. The molecule has 0 radical (unpaired) electrons. The van der Waals surface area contributed by atoms with Crippen molar-refractivity contribution in [3.63, 3.8) is 0 Å². The maximum atomic E-state index is 4.06. The van der Waals surface area contributed by atoms with Crippen molar-refractivity contribution in [1.82, 2.24) is 15.2 Å². The lowest BCUT2D eigenvalue weighted by atomic mass is 10.1. The van der Waals surface area contributed by atoms with Gasteiger partial charge < -0.3 is 10.2 Å². The Kier molecular flexibility index (Phi) is 8.47. The predicted molar refractivity (Wildman–Crippen MR) is 87.0 cm³/mol. The van der Waals surface area contributed by atoms with Crippen LogP contribution in [0.2, 0.25) is 0 Å². The van der Waals surface area contributed by atoms with Gasteiger partial charge in [-0.2, -0.15) is 0 Å². The van der Waals surface area contributed by atoms with E-state index in [9.17, 15) is 0 Å². The van der Waals surface area contributed by atoms with Crippen LogP contribution < -0.4 is 5.32 Å². The van der Waals surface area contributed by atoms with E-state index in [1.165, 1.54) is 18.4 Å². The molecule has 114 valence electrons. The molecule has 0 spiro atoms. The van der Waals surface area contributed by atoms with Crippen molar-refractivity contribution >= 4 is 0 Å². The highest BCUT2D eigenvalue weighted by molar-refractivity contribution is 5.09. The van der Waals surface area contributed by atoms with Gasteiger partial charge >= 0.3 is 0 Å². The van der Waals surface area contributed by atoms with Crippen LogP contribution in [-0.2, 0) is 6.42 Å². The van der Waals surface area contributed by atoms with Crippen LogP contribution in [0, 0.1) is 5.92 Å². The Labute approximate surface area is 124 Å². The summed E-state index contributed by atoms with van der Waals surface area (Å²) >= 11 is 0. The number of pyridine rings is 1. The molecule has 1 atom stereocenters. The Hall–Kier alpha value is -0.930. The van der Waals surface area contributed by atoms with Crippen molar-refractivity contribution in [3.05, 3.63) is 30.1 Å². The Morgan fingerprint density at radius 2 is 1.90 bits per heavy atom. The molecule has 1 heterocycles. The fourth-order valence-corrected chi connectivity index (χ4v) is 2.21. The van der Waals surface area contributed by atoms with E-state index in [-0.39, 0.29) is 0 Å². The Morgan fingerprint density at radius 3 is 2.55 bits per heavy atom. The maximum Gasteiger partial charge on any atom is 0.0270 e. The Bertz CT molecular complexity index is 337. The zero-order valence-electron chi connectivity index (χ0n) is 13.6. The van der Waals surface area contributed by atoms with Crippen LogP contribution in [0.1, 0.15) is 39.2 Å². The molecule has 0 bridgehead atoms. The summed E-state index contributed by atoms with van der Waals surface area (Å²) in [6, 6.07) is 4.86. The van der Waals surface area contributed by atoms with Crippen LogP contribution in [0.25, 0.3) is 0 Å². The van der Waals surface area contributed by atoms with Crippen molar-refractivity contribution in [2.45, 2.75) is 46.1 Å². The summed E-state index contributed by atoms with van der Waals surface area (Å²) in [5, 5.41) is 3.51. The Balaban J connectivity index is 2.11. The van der Waals surface area contributed by atoms with Crippen molar-refractivity contribution in [1.29, 1.82) is 0 Å². The lowest BCUT2D eigenvalue weighted by molar-refractivity contribution is 0.245. The molecule has 1 N–H and O–H groups in total. The minimum Gasteiger partial charge on any atom is -0.316 e. The third-order valence-corrected chi connectivity index (χ3v) is 3.78. The first-order chi connectivity index (χ1) is 9.59. The molecule has 1 rings (SSSR count). The summed E-state index contributed by atoms with van der Waals surface area (Å²) in [7, 11) is 2.23. The lowest BCUT2D eigenvalue weighted by Gasteiger charge is -2.24. The molecule has 0 amide bonds. The minimum atomic E-state index is 0.651. The molecular formula is C17H31N3. The van der Waals surface area contributed by atoms with E-state index >= 15 is 0 Å². The molecular weight excluding hydrogens is 246 g/mol. The summed E-state index contributed by atoms with van der Waals surface area (Å²) in [6.07, 6.45) is 7.37. The highest BCUT2D eigenvalue weighted by Gasteiger charge is 2.08. The fraction of sp³-hybridized carbons (Fsp3) is 0.706. The number of likely N-dealkylation sites (N-methyl/N-ethyl adjacent to an activating group) is 1. The molecule has 20 heavy (non-hydrogen) atoms. The second kappa shape index (κ2) is 9.89. The molecule has 0 saturated carbocycles. The van der Waals surface area contributed by atoms with E-state index in [4.69, 9.17) is 0 Å². The minimum absolute atomic E-state index is 0.651. The topological polar surface area (TPSA) is 28.2 Å². The SMILES string of the molecule is CC(C)CNCCCC(C)N(C)CCc1ccncc1. The zero-order valence-corrected chi connectivity index (χ0v) is 13.6. The third-order valence-electron chi connectivity index (χ3n) is 3.78. The van der Waals surface area contributed by atoms with Gasteiger partial charge in [-0.15, -0.1) is 0 Å². The highest BCUT2D eigenvalue weighted by Crippen LogP contribution is 2.06. The lowest BCUT2D eigenvalue weighted by Crippen LogP contribution is -2.32. The van der Waals surface area contributed by atoms with Gasteiger partial charge in [-0.25, -0.2) is 0 Å². The average Bonchev–Trinajstić information content (AvgIpc) is 2.45. The molecule has 0 fully saturated rings. The maximum absolute atomic E-state index is 4.06. The summed E-state index contributed by atoms with van der Waals surface area (Å²) in [5.41, 5.74) is 1.37. The van der Waals surface area contributed by atoms with Crippen molar-refractivity contribution in [2.75, 3.05) is 26.7 Å². The third kappa shape index (κ3) is 7.61. The number of nitrogens with one attached hydrogen (secondary N) is 1. The number of hydrogen-bond donors (Lipinski definition) is 1. The summed E-state index contributed by atoms with van der Waals surface area (Å²) in [4.78, 5) is 6.52. The first kappa shape index (κ1) is 17.1. The van der Waals surface area contributed by atoms with E-state index in [0.717, 1.165) is 32.0 Å². The van der Waals surface area contributed by atoms with Gasteiger partial charge in [0.15, 0.2) is 0 Å². The van der Waals surface area contributed by atoms with Gasteiger partial charge in [-0.05, 0) is 69.9 Å². The van der Waals surface area contributed by atoms with E-state index in [1.807, 2.05) is 12.4 Å². The van der Waals surface area contributed by atoms with E-state index in [1.54, 1.807) is 0 Å². The fourth-order valence-electron chi connectivity index (χ4n) is 2.21. The molecule has 0 aliphatic rings. The van der Waals surface area contributed by atoms with Gasteiger partial charge in [0.2, 0.25) is 0 Å². The van der Waals surface area contributed by atoms with Crippen LogP contribution in [0.3, 0.4) is 0 Å². The molecule has 1 aromatic heterocycles. The second-order valence-electron chi connectivity index (χ2n) is 6.18. The molecule has 3 nitrogen and oxygen atoms in total. The molecule has 0 aliphatic carbocycles. The van der Waals surface area contributed by atoms with Crippen LogP contribution in [-0.4, -0.2) is 42.6 Å². The van der Waals surface area contributed by atoms with Crippen molar-refractivity contribution in [2.24, 2.45) is 5.92 Å². The molecule has 3 heteroatoms. The average molecular weight is 277 g/mol. The van der Waals surface area contributed by atoms with Gasteiger partial charge in [-0.1, -0.05) is 13.8 Å². The van der Waals surface area contributed by atoms with Crippen LogP contribution in [0.4, 0.5) is 0 Å². The Morgan fingerprint density at radius 1 is 1.20 bits per heavy atom. The van der Waals surface area contributed by atoms with E-state index < -0.39 is 0 Å². The second-order valence-corrected chi connectivity index (χ2v) is 6.18. The first-order valence-corrected chi connectivity index (χ1v) is 7.89. The van der Waals surface area contributed by atoms with Crippen LogP contribution in [0.5, 0.6) is 0 Å². The smallest absolute Gasteiger partial charge is 0.0270 e. The normalized spacial score (nSPS) is 13.1. The van der Waals surface area contributed by atoms with Crippen molar-refractivity contribution in [3.8, 4) is 0 Å².